The van der Waals surface area contributed by atoms with Crippen molar-refractivity contribution in [3.8, 4) is 5.75 Å². The second kappa shape index (κ2) is 17.4. The van der Waals surface area contributed by atoms with E-state index >= 15 is 0 Å². The maximum Gasteiger partial charge on any atom is 0.191 e. The highest BCUT2D eigenvalue weighted by molar-refractivity contribution is 14.0. The summed E-state index contributed by atoms with van der Waals surface area (Å²) < 4.78 is 15.6. The van der Waals surface area contributed by atoms with Gasteiger partial charge in [0.1, 0.15) is 5.75 Å². The molecule has 0 amide bonds. The van der Waals surface area contributed by atoms with Crippen LogP contribution < -0.4 is 15.4 Å². The van der Waals surface area contributed by atoms with Gasteiger partial charge in [0.05, 0.1) is 20.3 Å². The molecule has 0 aliphatic heterocycles. The summed E-state index contributed by atoms with van der Waals surface area (Å²) in [7, 11) is 3.36. The Hall–Kier alpha value is -1.06. The van der Waals surface area contributed by atoms with Crippen LogP contribution >= 0.6 is 24.0 Å². The number of guanidine groups is 1. The lowest BCUT2D eigenvalue weighted by Gasteiger charge is -2.11. The van der Waals surface area contributed by atoms with Crippen molar-refractivity contribution < 1.29 is 14.2 Å². The number of ether oxygens (including phenoxy) is 3. The van der Waals surface area contributed by atoms with Crippen molar-refractivity contribution in [1.29, 1.82) is 0 Å². The third-order valence-electron chi connectivity index (χ3n) is 3.59. The Balaban J connectivity index is 0.00000625. The molecule has 0 unspecified atom stereocenters. The average Bonchev–Trinajstić information content (AvgIpc) is 2.64. The van der Waals surface area contributed by atoms with Crippen LogP contribution in [0.3, 0.4) is 0 Å². The van der Waals surface area contributed by atoms with Crippen molar-refractivity contribution in [3.63, 3.8) is 0 Å². The van der Waals surface area contributed by atoms with Gasteiger partial charge in [0, 0.05) is 33.4 Å². The molecule has 0 spiro atoms. The molecule has 0 saturated heterocycles. The van der Waals surface area contributed by atoms with Crippen molar-refractivity contribution >= 4 is 29.9 Å². The number of hydrogen-bond acceptors (Lipinski definition) is 4. The first-order valence-corrected chi connectivity index (χ1v) is 9.02. The Kier molecular flexibility index (Phi) is 16.7. The Bertz CT molecular complexity index is 470. The number of aliphatic imine (C=N–C) groups is 1. The van der Waals surface area contributed by atoms with E-state index in [0.29, 0.717) is 13.2 Å². The molecule has 7 heteroatoms. The fourth-order valence-electron chi connectivity index (χ4n) is 2.23. The van der Waals surface area contributed by atoms with Crippen molar-refractivity contribution in [3.05, 3.63) is 29.8 Å². The lowest BCUT2D eigenvalue weighted by atomic mass is 10.1. The summed E-state index contributed by atoms with van der Waals surface area (Å²) >= 11 is 0. The van der Waals surface area contributed by atoms with E-state index in [9.17, 15) is 0 Å². The van der Waals surface area contributed by atoms with Crippen LogP contribution in [-0.2, 0) is 15.9 Å². The first-order valence-electron chi connectivity index (χ1n) is 9.02. The number of methoxy groups -OCH3 is 2. The van der Waals surface area contributed by atoms with E-state index in [0.717, 1.165) is 57.2 Å². The Morgan fingerprint density at radius 2 is 1.77 bits per heavy atom. The van der Waals surface area contributed by atoms with Crippen LogP contribution in [0.25, 0.3) is 0 Å². The number of nitrogens with one attached hydrogen (secondary N) is 2. The summed E-state index contributed by atoms with van der Waals surface area (Å²) in [5.74, 6) is 1.76. The van der Waals surface area contributed by atoms with E-state index in [4.69, 9.17) is 14.2 Å². The highest BCUT2D eigenvalue weighted by atomic mass is 127. The van der Waals surface area contributed by atoms with Gasteiger partial charge in [0.25, 0.3) is 0 Å². The largest absolute Gasteiger partial charge is 0.497 e. The standard InChI is InChI=1S/C19H33N3O3.HI/c1-4-20-19(22-13-6-14-25-16-15-23-2)21-12-5-7-17-8-10-18(24-3)11-9-17;/h8-11H,4-7,12-16H2,1-3H3,(H2,20,21,22);1H. The van der Waals surface area contributed by atoms with Gasteiger partial charge in [-0.3, -0.25) is 4.99 Å². The third-order valence-corrected chi connectivity index (χ3v) is 3.59. The minimum absolute atomic E-state index is 0. The van der Waals surface area contributed by atoms with Crippen LogP contribution in [-0.4, -0.2) is 59.6 Å². The highest BCUT2D eigenvalue weighted by Crippen LogP contribution is 2.12. The molecule has 0 heterocycles. The zero-order valence-corrected chi connectivity index (χ0v) is 18.6. The van der Waals surface area contributed by atoms with Crippen molar-refractivity contribution in [2.75, 3.05) is 53.7 Å². The summed E-state index contributed by atoms with van der Waals surface area (Å²) in [6, 6.07) is 8.21. The highest BCUT2D eigenvalue weighted by Gasteiger charge is 1.98. The predicted molar refractivity (Wildman–Crippen MR) is 118 cm³/mol. The number of nitrogens with zero attached hydrogens (tertiary/aromatic N) is 1. The molecule has 150 valence electrons. The van der Waals surface area contributed by atoms with E-state index < -0.39 is 0 Å². The van der Waals surface area contributed by atoms with Gasteiger partial charge in [-0.25, -0.2) is 0 Å². The van der Waals surface area contributed by atoms with E-state index in [-0.39, 0.29) is 24.0 Å². The molecule has 0 aliphatic carbocycles. The quantitative estimate of drug-likeness (QED) is 0.197. The fraction of sp³-hybridized carbons (Fsp3) is 0.632. The SMILES string of the molecule is CCNC(=NCCCc1ccc(OC)cc1)NCCCOCCOC.I. The number of rotatable bonds is 13. The van der Waals surface area contributed by atoms with Crippen molar-refractivity contribution in [2.45, 2.75) is 26.2 Å². The van der Waals surface area contributed by atoms with Gasteiger partial charge < -0.3 is 24.8 Å². The van der Waals surface area contributed by atoms with Crippen LogP contribution in [0.2, 0.25) is 0 Å². The number of aryl methyl sites for hydroxylation is 1. The normalized spacial score (nSPS) is 11.0. The topological polar surface area (TPSA) is 64.1 Å². The van der Waals surface area contributed by atoms with Gasteiger partial charge >= 0.3 is 0 Å². The third kappa shape index (κ3) is 12.3. The zero-order chi connectivity index (χ0) is 18.2. The minimum Gasteiger partial charge on any atom is -0.497 e. The van der Waals surface area contributed by atoms with Crippen LogP contribution in [0.1, 0.15) is 25.3 Å². The van der Waals surface area contributed by atoms with Gasteiger partial charge in [0.2, 0.25) is 0 Å². The molecule has 1 aromatic carbocycles. The maximum atomic E-state index is 5.45. The van der Waals surface area contributed by atoms with Gasteiger partial charge in [-0.2, -0.15) is 0 Å². The van der Waals surface area contributed by atoms with Crippen molar-refractivity contribution in [1.82, 2.24) is 10.6 Å². The average molecular weight is 479 g/mol. The molecule has 0 radical (unpaired) electrons. The first-order chi connectivity index (χ1) is 12.3. The summed E-state index contributed by atoms with van der Waals surface area (Å²) in [4.78, 5) is 4.62. The Morgan fingerprint density at radius 3 is 2.42 bits per heavy atom. The summed E-state index contributed by atoms with van der Waals surface area (Å²) in [5, 5.41) is 6.61. The molecular formula is C19H34IN3O3. The predicted octanol–water partition coefficient (Wildman–Crippen LogP) is 2.85. The summed E-state index contributed by atoms with van der Waals surface area (Å²) in [6.07, 6.45) is 2.98. The second-order valence-electron chi connectivity index (χ2n) is 5.60. The first kappa shape index (κ1) is 24.9. The van der Waals surface area contributed by atoms with Gasteiger partial charge in [-0.05, 0) is 43.9 Å². The smallest absolute Gasteiger partial charge is 0.191 e. The second-order valence-corrected chi connectivity index (χ2v) is 5.60. The minimum atomic E-state index is 0. The zero-order valence-electron chi connectivity index (χ0n) is 16.3. The molecule has 0 atom stereocenters. The molecular weight excluding hydrogens is 445 g/mol. The molecule has 1 rings (SSSR count). The Labute approximate surface area is 175 Å². The van der Waals surface area contributed by atoms with E-state index in [1.54, 1.807) is 14.2 Å². The number of benzene rings is 1. The van der Waals surface area contributed by atoms with Crippen molar-refractivity contribution in [2.24, 2.45) is 4.99 Å². The molecule has 0 saturated carbocycles. The van der Waals surface area contributed by atoms with Crippen LogP contribution in [0.4, 0.5) is 0 Å². The Morgan fingerprint density at radius 1 is 1.00 bits per heavy atom. The van der Waals surface area contributed by atoms with Gasteiger partial charge in [-0.1, -0.05) is 12.1 Å². The molecule has 0 fully saturated rings. The van der Waals surface area contributed by atoms with Gasteiger partial charge in [0.15, 0.2) is 5.96 Å². The van der Waals surface area contributed by atoms with Crippen LogP contribution in [0.5, 0.6) is 5.75 Å². The van der Waals surface area contributed by atoms with Gasteiger partial charge in [-0.15, -0.1) is 24.0 Å². The lowest BCUT2D eigenvalue weighted by Crippen LogP contribution is -2.38. The molecule has 2 N–H and O–H groups in total. The molecule has 0 bridgehead atoms. The lowest BCUT2D eigenvalue weighted by molar-refractivity contribution is 0.0698. The fourth-order valence-corrected chi connectivity index (χ4v) is 2.23. The van der Waals surface area contributed by atoms with E-state index in [2.05, 4.69) is 34.7 Å². The molecule has 0 aliphatic rings. The number of halogens is 1. The molecule has 0 aromatic heterocycles. The van der Waals surface area contributed by atoms with Crippen LogP contribution in [0.15, 0.2) is 29.3 Å². The molecule has 26 heavy (non-hydrogen) atoms. The van der Waals surface area contributed by atoms with E-state index in [1.165, 1.54) is 5.56 Å². The molecule has 1 aromatic rings. The summed E-state index contributed by atoms with van der Waals surface area (Å²) in [6.45, 7) is 6.59. The summed E-state index contributed by atoms with van der Waals surface area (Å²) in [5.41, 5.74) is 1.31. The maximum absolute atomic E-state index is 5.45. The molecule has 6 nitrogen and oxygen atoms in total. The van der Waals surface area contributed by atoms with Crippen LogP contribution in [0, 0.1) is 0 Å². The van der Waals surface area contributed by atoms with E-state index in [1.807, 2.05) is 12.1 Å². The monoisotopic (exact) mass is 479 g/mol. The number of hydrogen-bond donors (Lipinski definition) is 2.